The van der Waals surface area contributed by atoms with Gasteiger partial charge in [0.25, 0.3) is 0 Å². The first-order chi connectivity index (χ1) is 12.9. The van der Waals surface area contributed by atoms with Gasteiger partial charge in [-0.15, -0.1) is 6.58 Å². The van der Waals surface area contributed by atoms with Crippen LogP contribution in [0.1, 0.15) is 18.2 Å². The highest BCUT2D eigenvalue weighted by atomic mass is 32.2. The van der Waals surface area contributed by atoms with Crippen LogP contribution in [0.2, 0.25) is 0 Å². The molecular weight excluding hydrogens is 366 g/mol. The minimum atomic E-state index is -3.65. The number of imidazole rings is 1. The standard InChI is InChI=1S/C19H25N3O4S/c1-4-10-21(16(2)23)14-18-13-20-19(22(18)11-12-26-3)27(24,25)15-17-8-6-5-7-9-17/h4-9,13H,1,10-12,14-15H2,2-3H3. The molecule has 0 atom stereocenters. The lowest BCUT2D eigenvalue weighted by Crippen LogP contribution is -2.30. The third kappa shape index (κ3) is 5.51. The van der Waals surface area contributed by atoms with Crippen molar-refractivity contribution >= 4 is 15.7 Å². The molecule has 8 heteroatoms. The van der Waals surface area contributed by atoms with E-state index in [9.17, 15) is 13.2 Å². The molecule has 0 aliphatic rings. The van der Waals surface area contributed by atoms with Gasteiger partial charge in [0.05, 0.1) is 30.8 Å². The second-order valence-corrected chi connectivity index (χ2v) is 7.99. The molecule has 0 N–H and O–H groups in total. The van der Waals surface area contributed by atoms with Gasteiger partial charge in [0.15, 0.2) is 0 Å². The Morgan fingerprint density at radius 1 is 1.33 bits per heavy atom. The Bertz CT molecular complexity index is 876. The SMILES string of the molecule is C=CCN(Cc1cnc(S(=O)(=O)Cc2ccccc2)n1CCOC)C(C)=O. The highest BCUT2D eigenvalue weighted by Crippen LogP contribution is 2.19. The number of rotatable bonds is 10. The van der Waals surface area contributed by atoms with Crippen molar-refractivity contribution in [1.29, 1.82) is 0 Å². The maximum absolute atomic E-state index is 12.9. The van der Waals surface area contributed by atoms with Gasteiger partial charge in [0.1, 0.15) is 0 Å². The summed E-state index contributed by atoms with van der Waals surface area (Å²) >= 11 is 0. The van der Waals surface area contributed by atoms with E-state index in [0.29, 0.717) is 31.0 Å². The van der Waals surface area contributed by atoms with Crippen LogP contribution in [-0.2, 0) is 38.2 Å². The molecule has 0 aliphatic heterocycles. The van der Waals surface area contributed by atoms with Crippen molar-refractivity contribution in [2.24, 2.45) is 0 Å². The molecule has 0 aliphatic carbocycles. The average Bonchev–Trinajstić information content (AvgIpc) is 3.03. The van der Waals surface area contributed by atoms with Crippen LogP contribution in [0.3, 0.4) is 0 Å². The van der Waals surface area contributed by atoms with Crippen molar-refractivity contribution in [2.75, 3.05) is 20.3 Å². The molecule has 1 amide bonds. The molecule has 27 heavy (non-hydrogen) atoms. The summed E-state index contributed by atoms with van der Waals surface area (Å²) in [4.78, 5) is 17.5. The Balaban J connectivity index is 2.37. The lowest BCUT2D eigenvalue weighted by molar-refractivity contribution is -0.128. The van der Waals surface area contributed by atoms with Gasteiger partial charge in [-0.2, -0.15) is 0 Å². The van der Waals surface area contributed by atoms with E-state index in [1.54, 1.807) is 46.9 Å². The topological polar surface area (TPSA) is 81.5 Å². The van der Waals surface area contributed by atoms with Gasteiger partial charge in [0.2, 0.25) is 20.9 Å². The second-order valence-electron chi connectivity index (χ2n) is 6.11. The number of ether oxygens (including phenoxy) is 1. The molecule has 0 saturated carbocycles. The Kier molecular flexibility index (Phi) is 7.32. The van der Waals surface area contributed by atoms with E-state index in [1.807, 2.05) is 6.07 Å². The smallest absolute Gasteiger partial charge is 0.228 e. The van der Waals surface area contributed by atoms with Crippen LogP contribution < -0.4 is 0 Å². The number of sulfone groups is 1. The number of amides is 1. The van der Waals surface area contributed by atoms with Gasteiger partial charge < -0.3 is 14.2 Å². The fourth-order valence-corrected chi connectivity index (χ4v) is 4.22. The number of carbonyl (C=O) groups excluding carboxylic acids is 1. The summed E-state index contributed by atoms with van der Waals surface area (Å²) in [6.07, 6.45) is 3.14. The van der Waals surface area contributed by atoms with Crippen molar-refractivity contribution in [2.45, 2.75) is 30.9 Å². The van der Waals surface area contributed by atoms with E-state index in [1.165, 1.54) is 13.1 Å². The van der Waals surface area contributed by atoms with Gasteiger partial charge in [-0.3, -0.25) is 4.79 Å². The van der Waals surface area contributed by atoms with E-state index in [4.69, 9.17) is 4.74 Å². The van der Waals surface area contributed by atoms with E-state index in [2.05, 4.69) is 11.6 Å². The number of benzene rings is 1. The fraction of sp³-hybridized carbons (Fsp3) is 0.368. The van der Waals surface area contributed by atoms with Crippen molar-refractivity contribution in [3.05, 3.63) is 60.4 Å². The molecule has 146 valence electrons. The highest BCUT2D eigenvalue weighted by Gasteiger charge is 2.24. The zero-order valence-corrected chi connectivity index (χ0v) is 16.5. The number of aromatic nitrogens is 2. The van der Waals surface area contributed by atoms with Gasteiger partial charge in [-0.1, -0.05) is 36.4 Å². The molecule has 2 rings (SSSR count). The summed E-state index contributed by atoms with van der Waals surface area (Å²) in [7, 11) is -2.10. The first-order valence-corrected chi connectivity index (χ1v) is 10.2. The molecule has 2 aromatic rings. The minimum Gasteiger partial charge on any atom is -0.383 e. The summed E-state index contributed by atoms with van der Waals surface area (Å²) in [6, 6.07) is 8.97. The summed E-state index contributed by atoms with van der Waals surface area (Å²) < 4.78 is 32.6. The summed E-state index contributed by atoms with van der Waals surface area (Å²) in [5.74, 6) is -0.261. The first kappa shape index (κ1) is 20.9. The van der Waals surface area contributed by atoms with Gasteiger partial charge >= 0.3 is 0 Å². The number of methoxy groups -OCH3 is 1. The van der Waals surface area contributed by atoms with Crippen LogP contribution in [0.4, 0.5) is 0 Å². The molecule has 1 aromatic carbocycles. The predicted octanol–water partition coefficient (Wildman–Crippen LogP) is 2.04. The Labute approximate surface area is 160 Å². The van der Waals surface area contributed by atoms with Crippen molar-refractivity contribution < 1.29 is 17.9 Å². The quantitative estimate of drug-likeness (QED) is 0.579. The van der Waals surface area contributed by atoms with E-state index < -0.39 is 9.84 Å². The van der Waals surface area contributed by atoms with Crippen LogP contribution in [0.15, 0.2) is 54.3 Å². The molecule has 0 spiro atoms. The third-order valence-electron chi connectivity index (χ3n) is 4.05. The molecule has 7 nitrogen and oxygen atoms in total. The number of nitrogens with zero attached hydrogens (tertiary/aromatic N) is 3. The molecule has 0 saturated heterocycles. The molecular formula is C19H25N3O4S. The third-order valence-corrected chi connectivity index (χ3v) is 5.64. The maximum atomic E-state index is 12.9. The Morgan fingerprint density at radius 3 is 2.63 bits per heavy atom. The van der Waals surface area contributed by atoms with E-state index in [0.717, 1.165) is 0 Å². The number of hydrogen-bond donors (Lipinski definition) is 0. The van der Waals surface area contributed by atoms with E-state index >= 15 is 0 Å². The number of hydrogen-bond acceptors (Lipinski definition) is 5. The molecule has 0 unspecified atom stereocenters. The average molecular weight is 391 g/mol. The largest absolute Gasteiger partial charge is 0.383 e. The molecule has 0 bridgehead atoms. The lowest BCUT2D eigenvalue weighted by atomic mass is 10.2. The van der Waals surface area contributed by atoms with Gasteiger partial charge in [0, 0.05) is 27.1 Å². The van der Waals surface area contributed by atoms with Crippen LogP contribution in [0.25, 0.3) is 0 Å². The Hall–Kier alpha value is -2.45. The summed E-state index contributed by atoms with van der Waals surface area (Å²) in [6.45, 7) is 6.40. The van der Waals surface area contributed by atoms with Crippen LogP contribution in [0.5, 0.6) is 0 Å². The number of carbonyl (C=O) groups is 1. The van der Waals surface area contributed by atoms with Crippen LogP contribution in [0, 0.1) is 0 Å². The lowest BCUT2D eigenvalue weighted by Gasteiger charge is -2.20. The van der Waals surface area contributed by atoms with Crippen molar-refractivity contribution in [1.82, 2.24) is 14.5 Å². The summed E-state index contributed by atoms with van der Waals surface area (Å²) in [5.41, 5.74) is 1.33. The van der Waals surface area contributed by atoms with Crippen LogP contribution in [-0.4, -0.2) is 49.0 Å². The fourth-order valence-electron chi connectivity index (χ4n) is 2.70. The molecule has 1 aromatic heterocycles. The second kappa shape index (κ2) is 9.48. The van der Waals surface area contributed by atoms with E-state index in [-0.39, 0.29) is 23.4 Å². The van der Waals surface area contributed by atoms with Crippen molar-refractivity contribution in [3.63, 3.8) is 0 Å². The maximum Gasteiger partial charge on any atom is 0.228 e. The van der Waals surface area contributed by atoms with Gasteiger partial charge in [-0.25, -0.2) is 13.4 Å². The monoisotopic (exact) mass is 391 g/mol. The molecule has 0 radical (unpaired) electrons. The first-order valence-electron chi connectivity index (χ1n) is 8.55. The zero-order valence-electron chi connectivity index (χ0n) is 15.7. The van der Waals surface area contributed by atoms with Crippen molar-refractivity contribution in [3.8, 4) is 0 Å². The van der Waals surface area contributed by atoms with Gasteiger partial charge in [-0.05, 0) is 5.56 Å². The zero-order chi connectivity index (χ0) is 19.9. The predicted molar refractivity (Wildman–Crippen MR) is 103 cm³/mol. The normalized spacial score (nSPS) is 11.3. The Morgan fingerprint density at radius 2 is 2.04 bits per heavy atom. The highest BCUT2D eigenvalue weighted by molar-refractivity contribution is 7.90. The molecule has 1 heterocycles. The molecule has 0 fully saturated rings. The van der Waals surface area contributed by atoms with Crippen LogP contribution >= 0.6 is 0 Å². The summed E-state index contributed by atoms with van der Waals surface area (Å²) in [5, 5.41) is -0.0134. The minimum absolute atomic E-state index is 0.0134.